The van der Waals surface area contributed by atoms with Crippen LogP contribution in [-0.4, -0.2) is 80.2 Å². The first-order valence-corrected chi connectivity index (χ1v) is 18.2. The zero-order valence-electron chi connectivity index (χ0n) is 23.7. The molecule has 2 N–H and O–H groups in total. The normalized spacial score (nSPS) is 16.0. The summed E-state index contributed by atoms with van der Waals surface area (Å²) in [6.07, 6.45) is 1.26. The highest BCUT2D eigenvalue weighted by Crippen LogP contribution is 2.35. The predicted molar refractivity (Wildman–Crippen MR) is 168 cm³/mol. The highest BCUT2D eigenvalue weighted by molar-refractivity contribution is 7.93. The van der Waals surface area contributed by atoms with Crippen LogP contribution in [0.15, 0.2) is 83.1 Å². The van der Waals surface area contributed by atoms with Crippen molar-refractivity contribution in [1.29, 1.82) is 0 Å². The lowest BCUT2D eigenvalue weighted by atomic mass is 10.1. The van der Waals surface area contributed by atoms with Gasteiger partial charge in [0.25, 0.3) is 15.9 Å². The summed E-state index contributed by atoms with van der Waals surface area (Å²) < 4.78 is 89.5. The quantitative estimate of drug-likeness (QED) is 0.286. The number of hydrogen-bond donors (Lipinski definition) is 2. The minimum Gasteiger partial charge on any atom is -0.493 e. The van der Waals surface area contributed by atoms with Gasteiger partial charge in [-0.2, -0.15) is 0 Å². The van der Waals surface area contributed by atoms with Gasteiger partial charge in [0.15, 0.2) is 31.2 Å². The summed E-state index contributed by atoms with van der Waals surface area (Å²) in [7, 11) is -8.62. The van der Waals surface area contributed by atoms with Crippen LogP contribution in [0.3, 0.4) is 0 Å². The molecular formula is C28H30ClN3O9S3. The van der Waals surface area contributed by atoms with E-state index in [0.717, 1.165) is 0 Å². The lowest BCUT2D eigenvalue weighted by molar-refractivity contribution is 0.102. The van der Waals surface area contributed by atoms with Crippen molar-refractivity contribution in [3.63, 3.8) is 0 Å². The molecule has 0 aliphatic carbocycles. The van der Waals surface area contributed by atoms with Crippen LogP contribution in [0.4, 0.5) is 11.4 Å². The third kappa shape index (κ3) is 7.35. The molecule has 1 fully saturated rings. The molecule has 12 nitrogen and oxygen atoms in total. The molecule has 0 bridgehead atoms. The van der Waals surface area contributed by atoms with Gasteiger partial charge in [-0.25, -0.2) is 25.3 Å². The van der Waals surface area contributed by atoms with E-state index in [1.165, 1.54) is 81.0 Å². The molecule has 236 valence electrons. The van der Waals surface area contributed by atoms with E-state index >= 15 is 0 Å². The SMILES string of the molecule is C=CC(N1CCS(=O)(=O)CC1)S(=O)(=O)c1ccc(NC(=O)c2cc(OC)c(OC)cc2NS(=O)(=O)c2ccc(Cl)cc2)cc1. The molecule has 3 aromatic carbocycles. The first-order valence-electron chi connectivity index (χ1n) is 13.0. The molecule has 1 unspecified atom stereocenters. The van der Waals surface area contributed by atoms with Gasteiger partial charge < -0.3 is 14.8 Å². The molecule has 4 rings (SSSR count). The lowest BCUT2D eigenvalue weighted by Gasteiger charge is -2.32. The number of sulfone groups is 2. The lowest BCUT2D eigenvalue weighted by Crippen LogP contribution is -2.48. The average Bonchev–Trinajstić information content (AvgIpc) is 2.98. The van der Waals surface area contributed by atoms with Gasteiger partial charge in [0.05, 0.1) is 46.8 Å². The van der Waals surface area contributed by atoms with Crippen molar-refractivity contribution < 1.29 is 39.5 Å². The Balaban J connectivity index is 1.60. The van der Waals surface area contributed by atoms with Gasteiger partial charge in [-0.1, -0.05) is 17.7 Å². The number of halogens is 1. The van der Waals surface area contributed by atoms with Crippen LogP contribution >= 0.6 is 11.6 Å². The fourth-order valence-corrected chi connectivity index (χ4v) is 8.56. The van der Waals surface area contributed by atoms with Crippen LogP contribution in [0.2, 0.25) is 5.02 Å². The standard InChI is InChI=1S/C28H30ClN3O9S3/c1-4-27(32-13-15-42(34,35)16-14-32)43(36,37)21-11-7-20(8-12-21)30-28(33)23-17-25(40-2)26(41-3)18-24(23)31-44(38,39)22-9-5-19(29)6-10-22/h4-12,17-18,27,31H,1,13-16H2,2-3H3,(H,30,33). The first-order chi connectivity index (χ1) is 20.7. The van der Waals surface area contributed by atoms with Crippen LogP contribution < -0.4 is 19.5 Å². The smallest absolute Gasteiger partial charge is 0.261 e. The van der Waals surface area contributed by atoms with E-state index in [1.54, 1.807) is 4.90 Å². The number of carbonyl (C=O) groups is 1. The largest absolute Gasteiger partial charge is 0.493 e. The van der Waals surface area contributed by atoms with Crippen molar-refractivity contribution in [3.05, 3.63) is 83.9 Å². The summed E-state index contributed by atoms with van der Waals surface area (Å²) in [5, 5.41) is 1.84. The maximum Gasteiger partial charge on any atom is 0.261 e. The number of methoxy groups -OCH3 is 2. The van der Waals surface area contributed by atoms with E-state index in [4.69, 9.17) is 21.1 Å². The fraction of sp³-hybridized carbons (Fsp3) is 0.250. The number of nitrogens with one attached hydrogen (secondary N) is 2. The number of rotatable bonds is 11. The highest BCUT2D eigenvalue weighted by Gasteiger charge is 2.34. The van der Waals surface area contributed by atoms with Crippen molar-refractivity contribution >= 4 is 58.6 Å². The summed E-state index contributed by atoms with van der Waals surface area (Å²) in [5.41, 5.74) is 0.00443. The molecular weight excluding hydrogens is 654 g/mol. The number of nitrogens with zero attached hydrogens (tertiary/aromatic N) is 1. The van der Waals surface area contributed by atoms with Crippen LogP contribution in [0.1, 0.15) is 10.4 Å². The highest BCUT2D eigenvalue weighted by atomic mass is 35.5. The van der Waals surface area contributed by atoms with Gasteiger partial charge in [-0.05, 0) is 54.6 Å². The molecule has 16 heteroatoms. The molecule has 1 aliphatic rings. The summed E-state index contributed by atoms with van der Waals surface area (Å²) in [5.74, 6) is -0.698. The van der Waals surface area contributed by atoms with Gasteiger partial charge in [-0.3, -0.25) is 14.4 Å². The zero-order valence-corrected chi connectivity index (χ0v) is 26.9. The Labute approximate surface area is 261 Å². The maximum atomic E-state index is 13.4. The molecule has 1 amide bonds. The third-order valence-electron chi connectivity index (χ3n) is 6.84. The molecule has 3 aromatic rings. The second-order valence-corrected chi connectivity index (χ2v) is 16.1. The van der Waals surface area contributed by atoms with Crippen molar-refractivity contribution in [3.8, 4) is 11.5 Å². The van der Waals surface area contributed by atoms with Crippen molar-refractivity contribution in [2.75, 3.05) is 48.9 Å². The van der Waals surface area contributed by atoms with E-state index < -0.39 is 41.0 Å². The Bertz CT molecular complexity index is 1870. The Morgan fingerprint density at radius 3 is 2.02 bits per heavy atom. The predicted octanol–water partition coefficient (Wildman–Crippen LogP) is 3.43. The summed E-state index contributed by atoms with van der Waals surface area (Å²) in [4.78, 5) is 14.8. The van der Waals surface area contributed by atoms with Crippen molar-refractivity contribution in [2.45, 2.75) is 15.2 Å². The second kappa shape index (κ2) is 13.2. The van der Waals surface area contributed by atoms with E-state index in [2.05, 4.69) is 16.6 Å². The first kappa shape index (κ1) is 33.3. The maximum absolute atomic E-state index is 13.4. The molecule has 44 heavy (non-hydrogen) atoms. The molecule has 1 saturated heterocycles. The summed E-state index contributed by atoms with van der Waals surface area (Å²) >= 11 is 5.88. The fourth-order valence-electron chi connectivity index (χ4n) is 4.49. The summed E-state index contributed by atoms with van der Waals surface area (Å²) in [6.45, 7) is 3.75. The van der Waals surface area contributed by atoms with Crippen molar-refractivity contribution in [2.24, 2.45) is 0 Å². The van der Waals surface area contributed by atoms with Gasteiger partial charge in [0, 0.05) is 29.9 Å². The van der Waals surface area contributed by atoms with E-state index in [1.807, 2.05) is 0 Å². The minimum absolute atomic E-state index is 0.0574. The Hall–Kier alpha value is -3.63. The van der Waals surface area contributed by atoms with Crippen LogP contribution in [-0.2, 0) is 29.7 Å². The van der Waals surface area contributed by atoms with Crippen molar-refractivity contribution in [1.82, 2.24) is 4.90 Å². The average molecular weight is 684 g/mol. The molecule has 0 radical (unpaired) electrons. The van der Waals surface area contributed by atoms with Crippen LogP contribution in [0, 0.1) is 0 Å². The van der Waals surface area contributed by atoms with Gasteiger partial charge in [0.1, 0.15) is 5.37 Å². The van der Waals surface area contributed by atoms with Gasteiger partial charge in [-0.15, -0.1) is 6.58 Å². The van der Waals surface area contributed by atoms with E-state index in [0.29, 0.717) is 5.02 Å². The second-order valence-electron chi connectivity index (χ2n) is 9.65. The van der Waals surface area contributed by atoms with Crippen LogP contribution in [0.5, 0.6) is 11.5 Å². The number of amides is 1. The summed E-state index contributed by atoms with van der Waals surface area (Å²) in [6, 6.07) is 13.4. The van der Waals surface area contributed by atoms with E-state index in [-0.39, 0.29) is 62.8 Å². The van der Waals surface area contributed by atoms with Gasteiger partial charge in [0.2, 0.25) is 0 Å². The number of sulfonamides is 1. The van der Waals surface area contributed by atoms with E-state index in [9.17, 15) is 30.0 Å². The Kier molecular flexibility index (Phi) is 9.95. The molecule has 0 aromatic heterocycles. The van der Waals surface area contributed by atoms with Crippen LogP contribution in [0.25, 0.3) is 0 Å². The topological polar surface area (TPSA) is 165 Å². The number of hydrogen-bond acceptors (Lipinski definition) is 10. The zero-order chi connectivity index (χ0) is 32.3. The Morgan fingerprint density at radius 1 is 0.932 bits per heavy atom. The molecule has 1 heterocycles. The molecule has 0 spiro atoms. The van der Waals surface area contributed by atoms with Gasteiger partial charge >= 0.3 is 0 Å². The number of benzene rings is 3. The Morgan fingerprint density at radius 2 is 1.48 bits per heavy atom. The molecule has 0 saturated carbocycles. The molecule has 1 atom stereocenters. The number of ether oxygens (including phenoxy) is 2. The third-order valence-corrected chi connectivity index (χ3v) is 12.1. The monoisotopic (exact) mass is 683 g/mol. The number of anilines is 2. The minimum atomic E-state index is -4.15. The molecule has 1 aliphatic heterocycles. The number of carbonyl (C=O) groups excluding carboxylic acids is 1.